The van der Waals surface area contributed by atoms with Crippen LogP contribution < -0.4 is 4.90 Å². The van der Waals surface area contributed by atoms with Gasteiger partial charge in [-0.05, 0) is 141 Å². The van der Waals surface area contributed by atoms with E-state index < -0.39 is 0 Å². The van der Waals surface area contributed by atoms with Crippen molar-refractivity contribution in [1.82, 2.24) is 0 Å². The van der Waals surface area contributed by atoms with Crippen molar-refractivity contribution in [3.63, 3.8) is 0 Å². The Labute approximate surface area is 353 Å². The van der Waals surface area contributed by atoms with Gasteiger partial charge in [0.25, 0.3) is 0 Å². The average molecular weight is 770 g/mol. The Morgan fingerprint density at radius 1 is 0.367 bits per heavy atom. The summed E-state index contributed by atoms with van der Waals surface area (Å²) in [5.41, 5.74) is 15.1. The van der Waals surface area contributed by atoms with Crippen molar-refractivity contribution in [2.75, 3.05) is 4.90 Å². The zero-order valence-electron chi connectivity index (χ0n) is 34.9. The van der Waals surface area contributed by atoms with Gasteiger partial charge in [-0.25, -0.2) is 0 Å². The van der Waals surface area contributed by atoms with E-state index in [2.05, 4.69) is 234 Å². The normalized spacial score (nSPS) is 13.2. The number of rotatable bonds is 5. The van der Waals surface area contributed by atoms with Crippen LogP contribution in [0.25, 0.3) is 76.5 Å². The highest BCUT2D eigenvalue weighted by Gasteiger charge is 2.37. The zero-order chi connectivity index (χ0) is 40.8. The van der Waals surface area contributed by atoms with Gasteiger partial charge < -0.3 is 4.90 Å². The standard InChI is InChI=1S/C59H47N/c1-58(2,3)41-28-31-42(32-29-41)60(43-30-27-38-17-9-10-20-40(38)35-43)44-33-34-49-51(36-44)56(48-24-14-13-23-47(48)55(49)39-18-7-6-8-19-39)52-37-54-57(46-22-12-11-21-45(46)52)50-25-15-16-26-53(50)59(54,4)5/h6-37H,1-5H3. The molecule has 0 fully saturated rings. The Morgan fingerprint density at radius 3 is 1.65 bits per heavy atom. The second-order valence-corrected chi connectivity index (χ2v) is 18.1. The molecule has 1 aliphatic rings. The van der Waals surface area contributed by atoms with Crippen LogP contribution in [0.2, 0.25) is 0 Å². The summed E-state index contributed by atoms with van der Waals surface area (Å²) in [5, 5.41) is 10.0. The fourth-order valence-electron chi connectivity index (χ4n) is 10.1. The van der Waals surface area contributed by atoms with Crippen molar-refractivity contribution in [3.05, 3.63) is 211 Å². The minimum atomic E-state index is -0.155. The molecule has 1 heteroatoms. The number of fused-ring (bicyclic) bond motifs is 8. The molecule has 10 aromatic carbocycles. The summed E-state index contributed by atoms with van der Waals surface area (Å²) >= 11 is 0. The van der Waals surface area contributed by atoms with Crippen LogP contribution in [0.1, 0.15) is 51.3 Å². The lowest BCUT2D eigenvalue weighted by atomic mass is 9.79. The molecule has 1 nitrogen and oxygen atoms in total. The molecule has 288 valence electrons. The van der Waals surface area contributed by atoms with E-state index in [1.54, 1.807) is 0 Å². The molecule has 0 radical (unpaired) electrons. The van der Waals surface area contributed by atoms with E-state index in [1.165, 1.54) is 93.2 Å². The summed E-state index contributed by atoms with van der Waals surface area (Å²) in [4.78, 5) is 2.44. The predicted molar refractivity (Wildman–Crippen MR) is 258 cm³/mol. The lowest BCUT2D eigenvalue weighted by Gasteiger charge is -2.28. The largest absolute Gasteiger partial charge is 0.310 e. The van der Waals surface area contributed by atoms with Crippen molar-refractivity contribution in [2.24, 2.45) is 0 Å². The molecule has 0 atom stereocenters. The van der Waals surface area contributed by atoms with E-state index in [0.29, 0.717) is 0 Å². The maximum Gasteiger partial charge on any atom is 0.0468 e. The van der Waals surface area contributed by atoms with Gasteiger partial charge in [0.1, 0.15) is 0 Å². The molecule has 0 spiro atoms. The van der Waals surface area contributed by atoms with Crippen molar-refractivity contribution in [3.8, 4) is 33.4 Å². The quantitative estimate of drug-likeness (QED) is 0.158. The Hall–Kier alpha value is -6.96. The Kier molecular flexibility index (Phi) is 8.16. The molecule has 0 saturated carbocycles. The third-order valence-corrected chi connectivity index (χ3v) is 13.2. The number of anilines is 3. The van der Waals surface area contributed by atoms with Crippen molar-refractivity contribution >= 4 is 60.2 Å². The van der Waals surface area contributed by atoms with Crippen LogP contribution in [0.5, 0.6) is 0 Å². The average Bonchev–Trinajstić information content (AvgIpc) is 3.51. The summed E-state index contributed by atoms with van der Waals surface area (Å²) in [6.07, 6.45) is 0. The summed E-state index contributed by atoms with van der Waals surface area (Å²) in [5.74, 6) is 0. The van der Waals surface area contributed by atoms with E-state index >= 15 is 0 Å². The minimum Gasteiger partial charge on any atom is -0.310 e. The molecule has 0 saturated heterocycles. The fourth-order valence-corrected chi connectivity index (χ4v) is 10.1. The molecule has 0 amide bonds. The lowest BCUT2D eigenvalue weighted by Crippen LogP contribution is -2.15. The second-order valence-electron chi connectivity index (χ2n) is 18.1. The smallest absolute Gasteiger partial charge is 0.0468 e. The molecule has 0 N–H and O–H groups in total. The summed E-state index contributed by atoms with van der Waals surface area (Å²) in [6, 6.07) is 72.6. The molecule has 10 aromatic rings. The number of benzene rings is 10. The fraction of sp³-hybridized carbons (Fsp3) is 0.119. The van der Waals surface area contributed by atoms with Gasteiger partial charge in [0, 0.05) is 22.5 Å². The van der Waals surface area contributed by atoms with Gasteiger partial charge in [-0.3, -0.25) is 0 Å². The van der Waals surface area contributed by atoms with Crippen LogP contribution in [-0.4, -0.2) is 0 Å². The van der Waals surface area contributed by atoms with Gasteiger partial charge in [0.2, 0.25) is 0 Å². The first-order valence-electron chi connectivity index (χ1n) is 21.3. The van der Waals surface area contributed by atoms with Gasteiger partial charge >= 0.3 is 0 Å². The van der Waals surface area contributed by atoms with Gasteiger partial charge in [-0.2, -0.15) is 0 Å². The molecular weight excluding hydrogens is 723 g/mol. The Morgan fingerprint density at radius 2 is 0.917 bits per heavy atom. The summed E-state index contributed by atoms with van der Waals surface area (Å²) in [6.45, 7) is 11.6. The number of hydrogen-bond donors (Lipinski definition) is 0. The van der Waals surface area contributed by atoms with Crippen molar-refractivity contribution < 1.29 is 0 Å². The molecule has 0 aliphatic heterocycles. The highest BCUT2D eigenvalue weighted by molar-refractivity contribution is 6.25. The van der Waals surface area contributed by atoms with Crippen LogP contribution in [0.15, 0.2) is 194 Å². The van der Waals surface area contributed by atoms with E-state index in [-0.39, 0.29) is 10.8 Å². The number of nitrogens with zero attached hydrogens (tertiary/aromatic N) is 1. The third-order valence-electron chi connectivity index (χ3n) is 13.2. The topological polar surface area (TPSA) is 3.24 Å². The highest BCUT2D eigenvalue weighted by atomic mass is 15.1. The Bertz CT molecular complexity index is 3310. The molecule has 60 heavy (non-hydrogen) atoms. The predicted octanol–water partition coefficient (Wildman–Crippen LogP) is 16.7. The zero-order valence-corrected chi connectivity index (χ0v) is 34.9. The van der Waals surface area contributed by atoms with E-state index in [0.717, 1.165) is 17.1 Å². The first-order chi connectivity index (χ1) is 29.2. The van der Waals surface area contributed by atoms with Crippen molar-refractivity contribution in [2.45, 2.75) is 45.4 Å². The molecule has 0 heterocycles. The van der Waals surface area contributed by atoms with E-state index in [4.69, 9.17) is 0 Å². The van der Waals surface area contributed by atoms with Gasteiger partial charge in [0.15, 0.2) is 0 Å². The maximum atomic E-state index is 2.54. The van der Waals surface area contributed by atoms with Gasteiger partial charge in [0.05, 0.1) is 0 Å². The first-order valence-corrected chi connectivity index (χ1v) is 21.3. The summed E-state index contributed by atoms with van der Waals surface area (Å²) < 4.78 is 0. The van der Waals surface area contributed by atoms with Crippen LogP contribution in [0.3, 0.4) is 0 Å². The second kappa shape index (κ2) is 13.5. The third kappa shape index (κ3) is 5.60. The van der Waals surface area contributed by atoms with Crippen LogP contribution in [0.4, 0.5) is 17.1 Å². The molecule has 1 aliphatic carbocycles. The molecule has 0 aromatic heterocycles. The van der Waals surface area contributed by atoms with Crippen LogP contribution >= 0.6 is 0 Å². The van der Waals surface area contributed by atoms with Crippen LogP contribution in [0, 0.1) is 0 Å². The summed E-state index contributed by atoms with van der Waals surface area (Å²) in [7, 11) is 0. The number of hydrogen-bond acceptors (Lipinski definition) is 1. The molecule has 0 unspecified atom stereocenters. The van der Waals surface area contributed by atoms with E-state index in [1.807, 2.05) is 0 Å². The highest BCUT2D eigenvalue weighted by Crippen LogP contribution is 2.55. The lowest BCUT2D eigenvalue weighted by molar-refractivity contribution is 0.590. The SMILES string of the molecule is CC(C)(C)c1ccc(N(c2ccc3ccccc3c2)c2ccc3c(-c4ccccc4)c4ccccc4c(-c4cc5c(c6ccccc46)-c4ccccc4C5(C)C)c3c2)cc1. The first kappa shape index (κ1) is 36.1. The maximum absolute atomic E-state index is 2.54. The molecular formula is C59H47N. The van der Waals surface area contributed by atoms with Crippen LogP contribution in [-0.2, 0) is 10.8 Å². The van der Waals surface area contributed by atoms with Crippen molar-refractivity contribution in [1.29, 1.82) is 0 Å². The van der Waals surface area contributed by atoms with Gasteiger partial charge in [-0.1, -0.05) is 186 Å². The Balaban J connectivity index is 1.26. The monoisotopic (exact) mass is 769 g/mol. The van der Waals surface area contributed by atoms with E-state index in [9.17, 15) is 0 Å². The minimum absolute atomic E-state index is 0.0492. The van der Waals surface area contributed by atoms with Gasteiger partial charge in [-0.15, -0.1) is 0 Å². The molecule has 0 bridgehead atoms. The molecule has 11 rings (SSSR count).